The summed E-state index contributed by atoms with van der Waals surface area (Å²) in [6.07, 6.45) is 2.71. The number of hydrogen-bond acceptors (Lipinski definition) is 8. The molecule has 1 aromatic carbocycles. The monoisotopic (exact) mass is 423 g/mol. The summed E-state index contributed by atoms with van der Waals surface area (Å²) in [5, 5.41) is 24.2. The van der Waals surface area contributed by atoms with Crippen molar-refractivity contribution in [2.45, 2.75) is 39.7 Å². The maximum absolute atomic E-state index is 13.6. The number of benzene rings is 1. The Labute approximate surface area is 177 Å². The SMILES string of the molecule is CC(=O)c1c(O)c(C)c(O)c2c1OC1=CC(=O)/C(=C(/C)NCc3ccco3)C(=O)C12C. The second-order valence-electron chi connectivity index (χ2n) is 7.82. The van der Waals surface area contributed by atoms with E-state index in [0.29, 0.717) is 11.5 Å². The number of fused-ring (bicyclic) bond motifs is 3. The lowest BCUT2D eigenvalue weighted by Crippen LogP contribution is -2.41. The Morgan fingerprint density at radius 1 is 1.19 bits per heavy atom. The van der Waals surface area contributed by atoms with Crippen LogP contribution in [0.25, 0.3) is 0 Å². The van der Waals surface area contributed by atoms with Gasteiger partial charge in [0.2, 0.25) is 0 Å². The highest BCUT2D eigenvalue weighted by molar-refractivity contribution is 6.31. The van der Waals surface area contributed by atoms with Crippen LogP contribution in [0, 0.1) is 6.92 Å². The third-order valence-electron chi connectivity index (χ3n) is 5.87. The molecule has 0 spiro atoms. The van der Waals surface area contributed by atoms with E-state index in [1.807, 2.05) is 0 Å². The van der Waals surface area contributed by atoms with E-state index in [2.05, 4.69) is 5.32 Å². The average Bonchev–Trinajstić information content (AvgIpc) is 3.31. The van der Waals surface area contributed by atoms with Gasteiger partial charge in [0.1, 0.15) is 39.7 Å². The molecule has 1 aliphatic heterocycles. The number of rotatable bonds is 4. The van der Waals surface area contributed by atoms with Crippen LogP contribution in [0.15, 0.2) is 45.9 Å². The Hall–Kier alpha value is -3.81. The van der Waals surface area contributed by atoms with E-state index in [4.69, 9.17) is 9.15 Å². The van der Waals surface area contributed by atoms with Gasteiger partial charge in [0.15, 0.2) is 17.3 Å². The van der Waals surface area contributed by atoms with Gasteiger partial charge in [-0.2, -0.15) is 0 Å². The summed E-state index contributed by atoms with van der Waals surface area (Å²) in [5.41, 5.74) is -1.29. The molecule has 8 nitrogen and oxygen atoms in total. The minimum absolute atomic E-state index is 0.00267. The molecule has 1 aromatic heterocycles. The van der Waals surface area contributed by atoms with Crippen molar-refractivity contribution >= 4 is 17.3 Å². The van der Waals surface area contributed by atoms with Crippen LogP contribution in [0.1, 0.15) is 48.0 Å². The van der Waals surface area contributed by atoms with E-state index in [1.54, 1.807) is 19.1 Å². The van der Waals surface area contributed by atoms with Gasteiger partial charge >= 0.3 is 0 Å². The normalized spacial score (nSPS) is 21.2. The van der Waals surface area contributed by atoms with Crippen LogP contribution in [0.4, 0.5) is 0 Å². The molecule has 0 saturated heterocycles. The second kappa shape index (κ2) is 6.87. The van der Waals surface area contributed by atoms with Crippen LogP contribution in [-0.4, -0.2) is 27.6 Å². The summed E-state index contributed by atoms with van der Waals surface area (Å²) in [6.45, 7) is 6.09. The van der Waals surface area contributed by atoms with Crippen molar-refractivity contribution in [1.29, 1.82) is 0 Å². The molecule has 2 aromatic rings. The molecule has 1 aliphatic carbocycles. The highest BCUT2D eigenvalue weighted by Gasteiger charge is 2.56. The van der Waals surface area contributed by atoms with Crippen LogP contribution in [0.2, 0.25) is 0 Å². The molecule has 1 unspecified atom stereocenters. The number of phenolic OH excluding ortho intramolecular Hbond substituents is 2. The number of aromatic hydroxyl groups is 2. The molecule has 3 N–H and O–H groups in total. The minimum atomic E-state index is -1.53. The molecule has 8 heteroatoms. The van der Waals surface area contributed by atoms with Crippen molar-refractivity contribution in [3.63, 3.8) is 0 Å². The van der Waals surface area contributed by atoms with E-state index in [9.17, 15) is 24.6 Å². The Balaban J connectivity index is 1.87. The maximum atomic E-state index is 13.6. The first-order valence-electron chi connectivity index (χ1n) is 9.65. The van der Waals surface area contributed by atoms with Crippen molar-refractivity contribution in [3.05, 3.63) is 64.0 Å². The first-order chi connectivity index (χ1) is 14.6. The average molecular weight is 423 g/mol. The Kier molecular flexibility index (Phi) is 4.53. The van der Waals surface area contributed by atoms with Crippen molar-refractivity contribution in [2.24, 2.45) is 0 Å². The summed E-state index contributed by atoms with van der Waals surface area (Å²) in [4.78, 5) is 38.6. The Morgan fingerprint density at radius 2 is 1.90 bits per heavy atom. The summed E-state index contributed by atoms with van der Waals surface area (Å²) >= 11 is 0. The summed E-state index contributed by atoms with van der Waals surface area (Å²) in [7, 11) is 0. The number of Topliss-reactive ketones (excluding diaryl/α,β-unsaturated/α-hetero) is 2. The smallest absolute Gasteiger partial charge is 0.194 e. The maximum Gasteiger partial charge on any atom is 0.194 e. The highest BCUT2D eigenvalue weighted by Crippen LogP contribution is 2.57. The Bertz CT molecular complexity index is 1220. The number of carbonyl (C=O) groups excluding carboxylic acids is 3. The fraction of sp³-hybridized carbons (Fsp3) is 0.261. The van der Waals surface area contributed by atoms with E-state index in [0.717, 1.165) is 0 Å². The number of hydrogen-bond donors (Lipinski definition) is 3. The van der Waals surface area contributed by atoms with Crippen LogP contribution in [0.3, 0.4) is 0 Å². The quantitative estimate of drug-likeness (QED) is 0.389. The Morgan fingerprint density at radius 3 is 2.52 bits per heavy atom. The van der Waals surface area contributed by atoms with Crippen molar-refractivity contribution < 1.29 is 33.8 Å². The molecule has 2 heterocycles. The lowest BCUT2D eigenvalue weighted by molar-refractivity contribution is -0.123. The number of phenols is 2. The summed E-state index contributed by atoms with van der Waals surface area (Å²) < 4.78 is 11.0. The lowest BCUT2D eigenvalue weighted by atomic mass is 9.70. The molecule has 4 rings (SSSR count). The van der Waals surface area contributed by atoms with Gasteiger partial charge in [-0.3, -0.25) is 14.4 Å². The number of carbonyl (C=O) groups is 3. The molecule has 0 saturated carbocycles. The number of ether oxygens (including phenoxy) is 1. The predicted octanol–water partition coefficient (Wildman–Crippen LogP) is 2.95. The molecule has 0 amide bonds. The number of nitrogens with one attached hydrogen (secondary N) is 1. The lowest BCUT2D eigenvalue weighted by Gasteiger charge is -2.29. The fourth-order valence-corrected chi connectivity index (χ4v) is 4.08. The minimum Gasteiger partial charge on any atom is -0.507 e. The third kappa shape index (κ3) is 2.78. The van der Waals surface area contributed by atoms with Crippen LogP contribution in [0.5, 0.6) is 17.2 Å². The van der Waals surface area contributed by atoms with E-state index in [-0.39, 0.29) is 46.1 Å². The van der Waals surface area contributed by atoms with Gasteiger partial charge in [0, 0.05) is 17.3 Å². The van der Waals surface area contributed by atoms with E-state index in [1.165, 1.54) is 33.1 Å². The zero-order chi connectivity index (χ0) is 22.7. The number of furan rings is 1. The van der Waals surface area contributed by atoms with Crippen LogP contribution >= 0.6 is 0 Å². The second-order valence-corrected chi connectivity index (χ2v) is 7.82. The topological polar surface area (TPSA) is 126 Å². The van der Waals surface area contributed by atoms with Gasteiger partial charge in [-0.25, -0.2) is 0 Å². The first-order valence-corrected chi connectivity index (χ1v) is 9.65. The fourth-order valence-electron chi connectivity index (χ4n) is 4.08. The van der Waals surface area contributed by atoms with E-state index >= 15 is 0 Å². The molecule has 0 radical (unpaired) electrons. The first kappa shape index (κ1) is 20.5. The van der Waals surface area contributed by atoms with Gasteiger partial charge in [0.05, 0.1) is 23.9 Å². The van der Waals surface area contributed by atoms with Crippen LogP contribution in [-0.2, 0) is 21.5 Å². The van der Waals surface area contributed by atoms with Gasteiger partial charge in [-0.15, -0.1) is 0 Å². The molecule has 0 fully saturated rings. The van der Waals surface area contributed by atoms with Gasteiger partial charge in [-0.1, -0.05) is 0 Å². The molecular weight excluding hydrogens is 402 g/mol. The molecule has 2 aliphatic rings. The number of allylic oxidation sites excluding steroid dienone is 4. The zero-order valence-corrected chi connectivity index (χ0v) is 17.5. The zero-order valence-electron chi connectivity index (χ0n) is 17.5. The van der Waals surface area contributed by atoms with Crippen molar-refractivity contribution in [1.82, 2.24) is 5.32 Å². The molecular formula is C23H21NO7. The van der Waals surface area contributed by atoms with Gasteiger partial charge < -0.3 is 24.7 Å². The highest BCUT2D eigenvalue weighted by atomic mass is 16.5. The standard InChI is InChI=1S/C23H21NO7/c1-10-19(27)17(12(3)25)21-18(20(10)28)23(4)15(31-21)8-14(26)16(22(23)29)11(2)24-9-13-6-5-7-30-13/h5-8,24,27-28H,9H2,1-4H3/b16-11+. The third-order valence-corrected chi connectivity index (χ3v) is 5.87. The van der Waals surface area contributed by atoms with Gasteiger partial charge in [0.25, 0.3) is 0 Å². The molecule has 1 atom stereocenters. The molecule has 160 valence electrons. The summed E-state index contributed by atoms with van der Waals surface area (Å²) in [5.74, 6) is -1.88. The van der Waals surface area contributed by atoms with Crippen LogP contribution < -0.4 is 10.1 Å². The predicted molar refractivity (Wildman–Crippen MR) is 109 cm³/mol. The van der Waals surface area contributed by atoms with Crippen molar-refractivity contribution in [2.75, 3.05) is 0 Å². The summed E-state index contributed by atoms with van der Waals surface area (Å²) in [6, 6.07) is 3.48. The molecule has 31 heavy (non-hydrogen) atoms. The van der Waals surface area contributed by atoms with Gasteiger partial charge in [-0.05, 0) is 39.8 Å². The van der Waals surface area contributed by atoms with E-state index < -0.39 is 28.5 Å². The molecule has 0 bridgehead atoms. The number of ketones is 3. The van der Waals surface area contributed by atoms with Crippen molar-refractivity contribution in [3.8, 4) is 17.2 Å². The largest absolute Gasteiger partial charge is 0.507 e.